The fraction of sp³-hybridized carbons (Fsp3) is 0.0645. The maximum Gasteiger partial charge on any atom is 0.414 e. The maximum absolute atomic E-state index is 9.10. The second-order valence-electron chi connectivity index (χ2n) is 8.45. The van der Waals surface area contributed by atoms with Crippen LogP contribution in [0.5, 0.6) is 0 Å². The Morgan fingerprint density at radius 3 is 1.53 bits per heavy atom. The number of carboxylic acid groups (broad SMARTS) is 2. The van der Waals surface area contributed by atoms with Crippen molar-refractivity contribution in [3.05, 3.63) is 150 Å². The average molecular weight is 506 g/mol. The molecule has 0 unspecified atom stereocenters. The maximum atomic E-state index is 9.10. The Bertz CT molecular complexity index is 1390. The fourth-order valence-corrected chi connectivity index (χ4v) is 4.58. The van der Waals surface area contributed by atoms with Gasteiger partial charge in [-0.2, -0.15) is 0 Å². The number of nitrogens with two attached hydrogens (primary N) is 1. The molecule has 0 saturated heterocycles. The normalized spacial score (nSPS) is 10.8. The predicted octanol–water partition coefficient (Wildman–Crippen LogP) is 5.00. The molecular weight excluding hydrogens is 478 g/mol. The van der Waals surface area contributed by atoms with Gasteiger partial charge >= 0.3 is 11.9 Å². The first-order valence-corrected chi connectivity index (χ1v) is 11.9. The van der Waals surface area contributed by atoms with Crippen LogP contribution in [0.15, 0.2) is 128 Å². The highest BCUT2D eigenvalue weighted by atomic mass is 16.4. The van der Waals surface area contributed by atoms with E-state index >= 15 is 0 Å². The first kappa shape index (κ1) is 26.1. The van der Waals surface area contributed by atoms with E-state index in [1.807, 2.05) is 18.5 Å². The second-order valence-corrected chi connectivity index (χ2v) is 8.45. The fourth-order valence-electron chi connectivity index (χ4n) is 4.58. The van der Waals surface area contributed by atoms with Gasteiger partial charge in [0.15, 0.2) is 0 Å². The van der Waals surface area contributed by atoms with Gasteiger partial charge in [0.1, 0.15) is 5.54 Å². The van der Waals surface area contributed by atoms with Crippen molar-refractivity contribution in [1.82, 2.24) is 9.55 Å². The Kier molecular flexibility index (Phi) is 8.10. The predicted molar refractivity (Wildman–Crippen MR) is 145 cm³/mol. The summed E-state index contributed by atoms with van der Waals surface area (Å²) in [6, 6.07) is 40.1. The summed E-state index contributed by atoms with van der Waals surface area (Å²) in [5, 5.41) is 14.8. The van der Waals surface area contributed by atoms with Crippen LogP contribution in [0.3, 0.4) is 0 Å². The number of carboxylic acids is 2. The molecule has 4 N–H and O–H groups in total. The Morgan fingerprint density at radius 2 is 1.11 bits per heavy atom. The van der Waals surface area contributed by atoms with E-state index in [2.05, 4.69) is 114 Å². The molecule has 0 aliphatic carbocycles. The highest BCUT2D eigenvalue weighted by Gasteiger charge is 2.38. The van der Waals surface area contributed by atoms with Crippen LogP contribution in [0.4, 0.5) is 0 Å². The largest absolute Gasteiger partial charge is 0.473 e. The smallest absolute Gasteiger partial charge is 0.414 e. The molecule has 0 aliphatic heterocycles. The highest BCUT2D eigenvalue weighted by molar-refractivity contribution is 6.27. The van der Waals surface area contributed by atoms with Crippen LogP contribution in [0.25, 0.3) is 11.3 Å². The summed E-state index contributed by atoms with van der Waals surface area (Å²) in [5.41, 5.74) is 12.0. The molecule has 1 aromatic heterocycles. The zero-order valence-corrected chi connectivity index (χ0v) is 20.5. The number of hydrogen-bond donors (Lipinski definition) is 3. The number of hydrogen-bond acceptors (Lipinski definition) is 4. The van der Waals surface area contributed by atoms with Gasteiger partial charge < -0.3 is 20.5 Å². The molecule has 0 spiro atoms. The van der Waals surface area contributed by atoms with Crippen LogP contribution in [-0.4, -0.2) is 31.7 Å². The number of rotatable bonds is 6. The van der Waals surface area contributed by atoms with Gasteiger partial charge in [-0.25, -0.2) is 14.6 Å². The van der Waals surface area contributed by atoms with E-state index in [0.29, 0.717) is 6.54 Å². The molecule has 0 amide bonds. The van der Waals surface area contributed by atoms with Gasteiger partial charge in [0.05, 0.1) is 12.0 Å². The van der Waals surface area contributed by atoms with E-state index in [1.54, 1.807) is 0 Å². The molecule has 0 bridgehead atoms. The van der Waals surface area contributed by atoms with Crippen LogP contribution in [0.1, 0.15) is 22.3 Å². The summed E-state index contributed by atoms with van der Waals surface area (Å²) in [6.07, 6.45) is 4.08. The molecule has 0 saturated carbocycles. The summed E-state index contributed by atoms with van der Waals surface area (Å²) in [6.45, 7) is 0.476. The molecule has 7 nitrogen and oxygen atoms in total. The van der Waals surface area contributed by atoms with Gasteiger partial charge in [-0.15, -0.1) is 0 Å². The number of benzene rings is 4. The minimum absolute atomic E-state index is 0.476. The van der Waals surface area contributed by atoms with Gasteiger partial charge in [-0.1, -0.05) is 115 Å². The molecule has 190 valence electrons. The molecular formula is C31H27N3O4. The lowest BCUT2D eigenvalue weighted by molar-refractivity contribution is -0.159. The van der Waals surface area contributed by atoms with Gasteiger partial charge in [0.25, 0.3) is 0 Å². The topological polar surface area (TPSA) is 118 Å². The SMILES string of the molecule is NCc1ccccc1-c1cn(C(c2ccccc2)(c2ccccc2)c2ccccc2)cn1.O=C(O)C(=O)O. The van der Waals surface area contributed by atoms with Crippen LogP contribution < -0.4 is 5.73 Å². The second kappa shape index (κ2) is 11.8. The summed E-state index contributed by atoms with van der Waals surface area (Å²) in [5.74, 6) is -3.65. The Hall–Kier alpha value is -5.01. The molecule has 0 aliphatic rings. The zero-order valence-electron chi connectivity index (χ0n) is 20.5. The Balaban J connectivity index is 0.000000505. The summed E-state index contributed by atoms with van der Waals surface area (Å²) >= 11 is 0. The van der Waals surface area contributed by atoms with Crippen molar-refractivity contribution in [3.8, 4) is 11.3 Å². The molecule has 5 aromatic rings. The summed E-state index contributed by atoms with van der Waals surface area (Å²) in [4.78, 5) is 23.0. The molecule has 0 fully saturated rings. The zero-order chi connectivity index (χ0) is 27.0. The third-order valence-corrected chi connectivity index (χ3v) is 6.24. The first-order valence-electron chi connectivity index (χ1n) is 11.9. The lowest BCUT2D eigenvalue weighted by atomic mass is 9.77. The van der Waals surface area contributed by atoms with Gasteiger partial charge in [-0.3, -0.25) is 0 Å². The van der Waals surface area contributed by atoms with Crippen molar-refractivity contribution >= 4 is 11.9 Å². The molecule has 7 heteroatoms. The van der Waals surface area contributed by atoms with E-state index in [1.165, 1.54) is 16.7 Å². The molecule has 5 rings (SSSR count). The summed E-state index contributed by atoms with van der Waals surface area (Å²) in [7, 11) is 0. The van der Waals surface area contributed by atoms with Crippen molar-refractivity contribution in [2.75, 3.05) is 0 Å². The number of nitrogens with zero attached hydrogens (tertiary/aromatic N) is 2. The minimum atomic E-state index is -1.82. The van der Waals surface area contributed by atoms with Crippen LogP contribution in [0, 0.1) is 0 Å². The van der Waals surface area contributed by atoms with E-state index in [9.17, 15) is 0 Å². The Morgan fingerprint density at radius 1 is 0.684 bits per heavy atom. The van der Waals surface area contributed by atoms with Crippen molar-refractivity contribution < 1.29 is 19.8 Å². The lowest BCUT2D eigenvalue weighted by Crippen LogP contribution is -2.36. The molecule has 1 heterocycles. The highest BCUT2D eigenvalue weighted by Crippen LogP contribution is 2.41. The monoisotopic (exact) mass is 505 g/mol. The van der Waals surface area contributed by atoms with Crippen molar-refractivity contribution in [2.24, 2.45) is 5.73 Å². The number of aromatic nitrogens is 2. The van der Waals surface area contributed by atoms with E-state index in [-0.39, 0.29) is 0 Å². The molecule has 0 radical (unpaired) electrons. The quantitative estimate of drug-likeness (QED) is 0.221. The third-order valence-electron chi connectivity index (χ3n) is 6.24. The van der Waals surface area contributed by atoms with Gasteiger partial charge in [0, 0.05) is 18.3 Å². The van der Waals surface area contributed by atoms with Crippen LogP contribution in [-0.2, 0) is 21.7 Å². The first-order chi connectivity index (χ1) is 18.5. The number of imidazole rings is 1. The molecule has 0 atom stereocenters. The van der Waals surface area contributed by atoms with Crippen molar-refractivity contribution in [1.29, 1.82) is 0 Å². The molecule has 4 aromatic carbocycles. The average Bonchev–Trinajstić information content (AvgIpc) is 3.46. The van der Waals surface area contributed by atoms with Crippen molar-refractivity contribution in [2.45, 2.75) is 12.1 Å². The molecule has 38 heavy (non-hydrogen) atoms. The number of carbonyl (C=O) groups is 2. The number of aliphatic carboxylic acids is 2. The van der Waals surface area contributed by atoms with E-state index in [4.69, 9.17) is 30.5 Å². The lowest BCUT2D eigenvalue weighted by Gasteiger charge is -2.37. The third kappa shape index (κ3) is 5.23. The van der Waals surface area contributed by atoms with E-state index < -0.39 is 17.5 Å². The van der Waals surface area contributed by atoms with Gasteiger partial charge in [-0.05, 0) is 22.3 Å². The van der Waals surface area contributed by atoms with Crippen LogP contribution in [0.2, 0.25) is 0 Å². The standard InChI is InChI=1S/C29H25N3.C2H2O4/c30-20-23-12-10-11-19-27(23)28-21-32(22-31-28)29(24-13-4-1-5-14-24,25-15-6-2-7-16-25)26-17-8-3-9-18-26;3-1(4)2(5)6/h1-19,21-22H,20,30H2;(H,3,4)(H,5,6). The Labute approximate surface area is 220 Å². The summed E-state index contributed by atoms with van der Waals surface area (Å²) < 4.78 is 2.23. The van der Waals surface area contributed by atoms with Crippen molar-refractivity contribution in [3.63, 3.8) is 0 Å². The van der Waals surface area contributed by atoms with E-state index in [0.717, 1.165) is 16.8 Å². The van der Waals surface area contributed by atoms with Gasteiger partial charge in [0.2, 0.25) is 0 Å². The minimum Gasteiger partial charge on any atom is -0.473 e. The van der Waals surface area contributed by atoms with Crippen LogP contribution >= 0.6 is 0 Å².